The van der Waals surface area contributed by atoms with E-state index in [-0.39, 0.29) is 24.0 Å². The maximum atomic E-state index is 11.8. The van der Waals surface area contributed by atoms with E-state index in [4.69, 9.17) is 4.74 Å². The number of aromatic nitrogens is 3. The molecule has 0 aliphatic carbocycles. The predicted molar refractivity (Wildman–Crippen MR) is 105 cm³/mol. The highest BCUT2D eigenvalue weighted by molar-refractivity contribution is 7.99. The lowest BCUT2D eigenvalue weighted by Crippen LogP contribution is -2.20. The summed E-state index contributed by atoms with van der Waals surface area (Å²) in [5.74, 6) is 1.94. The Balaban J connectivity index is 1.60. The van der Waals surface area contributed by atoms with E-state index in [0.29, 0.717) is 35.4 Å². The van der Waals surface area contributed by atoms with Crippen molar-refractivity contribution < 1.29 is 18.3 Å². The van der Waals surface area contributed by atoms with Crippen molar-refractivity contribution in [3.8, 4) is 5.75 Å². The molecule has 2 atom stereocenters. The summed E-state index contributed by atoms with van der Waals surface area (Å²) < 4.78 is 31.0. The topological polar surface area (TPSA) is 94.3 Å². The van der Waals surface area contributed by atoms with Crippen molar-refractivity contribution >= 4 is 21.6 Å². The summed E-state index contributed by atoms with van der Waals surface area (Å²) in [6.07, 6.45) is 1.63. The van der Waals surface area contributed by atoms with Crippen LogP contribution in [0.4, 0.5) is 0 Å². The number of sulfone groups is 1. The van der Waals surface area contributed by atoms with Gasteiger partial charge in [0.2, 0.25) is 0 Å². The van der Waals surface area contributed by atoms with Gasteiger partial charge in [-0.05, 0) is 18.6 Å². The molecule has 1 aliphatic heterocycles. The van der Waals surface area contributed by atoms with Gasteiger partial charge in [0, 0.05) is 18.2 Å². The van der Waals surface area contributed by atoms with Crippen molar-refractivity contribution in [3.63, 3.8) is 0 Å². The Morgan fingerprint density at radius 2 is 2.15 bits per heavy atom. The smallest absolute Gasteiger partial charge is 0.191 e. The molecule has 0 amide bonds. The van der Waals surface area contributed by atoms with Gasteiger partial charge < -0.3 is 14.4 Å². The number of ether oxygens (including phenoxy) is 1. The average molecular weight is 410 g/mol. The Bertz CT molecular complexity index is 868. The van der Waals surface area contributed by atoms with Gasteiger partial charge in [-0.15, -0.1) is 16.8 Å². The Kier molecular flexibility index (Phi) is 6.56. The summed E-state index contributed by atoms with van der Waals surface area (Å²) in [7, 11) is -3.00. The third kappa shape index (κ3) is 5.33. The van der Waals surface area contributed by atoms with Crippen molar-refractivity contribution in [1.82, 2.24) is 14.8 Å². The summed E-state index contributed by atoms with van der Waals surface area (Å²) in [5, 5.41) is 19.2. The lowest BCUT2D eigenvalue weighted by Gasteiger charge is -2.13. The summed E-state index contributed by atoms with van der Waals surface area (Å²) >= 11 is 1.37. The number of benzene rings is 1. The molecular weight excluding hydrogens is 386 g/mol. The Labute approximate surface area is 163 Å². The van der Waals surface area contributed by atoms with E-state index in [1.54, 1.807) is 6.08 Å². The maximum absolute atomic E-state index is 11.8. The van der Waals surface area contributed by atoms with Crippen molar-refractivity contribution in [2.24, 2.45) is 0 Å². The predicted octanol–water partition coefficient (Wildman–Crippen LogP) is 1.90. The van der Waals surface area contributed by atoms with Gasteiger partial charge in [-0.25, -0.2) is 8.42 Å². The third-order valence-electron chi connectivity index (χ3n) is 4.25. The third-order valence-corrected chi connectivity index (χ3v) is 7.12. The SMILES string of the molecule is C=CCn1c(SC[C@H](O)COc2ccccc2)nnc1[C@@H]1CCS(=O)(=O)C1. The van der Waals surface area contributed by atoms with Gasteiger partial charge in [0.1, 0.15) is 18.2 Å². The largest absolute Gasteiger partial charge is 0.491 e. The number of thioether (sulfide) groups is 1. The van der Waals surface area contributed by atoms with Gasteiger partial charge in [0.05, 0.1) is 17.6 Å². The number of aliphatic hydroxyl groups excluding tert-OH is 1. The zero-order valence-electron chi connectivity index (χ0n) is 14.9. The quantitative estimate of drug-likeness (QED) is 0.499. The van der Waals surface area contributed by atoms with Crippen LogP contribution in [0.1, 0.15) is 18.2 Å². The van der Waals surface area contributed by atoms with Gasteiger partial charge in [-0.1, -0.05) is 36.0 Å². The highest BCUT2D eigenvalue weighted by atomic mass is 32.2. The van der Waals surface area contributed by atoms with Crippen molar-refractivity contribution in [3.05, 3.63) is 48.8 Å². The minimum absolute atomic E-state index is 0.112. The molecule has 0 saturated carbocycles. The first-order valence-corrected chi connectivity index (χ1v) is 11.5. The second-order valence-electron chi connectivity index (χ2n) is 6.43. The van der Waals surface area contributed by atoms with Gasteiger partial charge in [0.25, 0.3) is 0 Å². The standard InChI is InChI=1S/C18H23N3O4S2/c1-2-9-21-17(14-8-10-27(23,24)13-14)19-20-18(21)26-12-15(22)11-25-16-6-4-3-5-7-16/h2-7,14-15,22H,1,8-13H2/t14-,15-/m1/s1. The molecule has 1 aromatic carbocycles. The van der Waals surface area contributed by atoms with E-state index in [1.807, 2.05) is 34.9 Å². The summed E-state index contributed by atoms with van der Waals surface area (Å²) in [6.45, 7) is 4.44. The van der Waals surface area contributed by atoms with Crippen LogP contribution >= 0.6 is 11.8 Å². The van der Waals surface area contributed by atoms with Crippen molar-refractivity contribution in [2.75, 3.05) is 23.9 Å². The highest BCUT2D eigenvalue weighted by Gasteiger charge is 2.33. The van der Waals surface area contributed by atoms with Crippen molar-refractivity contribution in [1.29, 1.82) is 0 Å². The first-order chi connectivity index (χ1) is 13.0. The Morgan fingerprint density at radius 3 is 2.81 bits per heavy atom. The zero-order chi connectivity index (χ0) is 19.3. The van der Waals surface area contributed by atoms with Crippen LogP contribution in [0.25, 0.3) is 0 Å². The Hall–Kier alpha value is -1.84. The molecule has 2 heterocycles. The first kappa shape index (κ1) is 19.9. The van der Waals surface area contributed by atoms with Crippen LogP contribution in [-0.4, -0.2) is 58.3 Å². The van der Waals surface area contributed by atoms with Crippen LogP contribution in [0.2, 0.25) is 0 Å². The number of aliphatic hydroxyl groups is 1. The van der Waals surface area contributed by atoms with Crippen molar-refractivity contribution in [2.45, 2.75) is 30.1 Å². The Morgan fingerprint density at radius 1 is 1.37 bits per heavy atom. The molecule has 0 spiro atoms. The van der Waals surface area contributed by atoms with Crippen LogP contribution in [0.5, 0.6) is 5.75 Å². The first-order valence-electron chi connectivity index (χ1n) is 8.71. The lowest BCUT2D eigenvalue weighted by atomic mass is 10.1. The fourth-order valence-electron chi connectivity index (χ4n) is 2.94. The van der Waals surface area contributed by atoms with E-state index >= 15 is 0 Å². The number of allylic oxidation sites excluding steroid dienone is 1. The molecule has 3 rings (SSSR count). The molecule has 1 N–H and O–H groups in total. The second kappa shape index (κ2) is 8.90. The summed E-state index contributed by atoms with van der Waals surface area (Å²) in [5.41, 5.74) is 0. The maximum Gasteiger partial charge on any atom is 0.191 e. The van der Waals surface area contributed by atoms with Crippen LogP contribution < -0.4 is 4.74 Å². The van der Waals surface area contributed by atoms with Gasteiger partial charge in [-0.3, -0.25) is 0 Å². The van der Waals surface area contributed by atoms with E-state index in [9.17, 15) is 13.5 Å². The molecule has 1 saturated heterocycles. The molecule has 2 aromatic rings. The monoisotopic (exact) mass is 409 g/mol. The van der Waals surface area contributed by atoms with Gasteiger partial charge in [-0.2, -0.15) is 0 Å². The minimum atomic E-state index is -3.00. The number of rotatable bonds is 9. The molecule has 0 bridgehead atoms. The van der Waals surface area contributed by atoms with E-state index in [1.165, 1.54) is 11.8 Å². The molecule has 1 aliphatic rings. The second-order valence-corrected chi connectivity index (χ2v) is 9.64. The van der Waals surface area contributed by atoms with Crippen LogP contribution in [0.3, 0.4) is 0 Å². The molecule has 146 valence electrons. The van der Waals surface area contributed by atoms with Crippen LogP contribution in [-0.2, 0) is 16.4 Å². The highest BCUT2D eigenvalue weighted by Crippen LogP contribution is 2.30. The molecular formula is C18H23N3O4S2. The molecule has 1 fully saturated rings. The van der Waals surface area contributed by atoms with E-state index < -0.39 is 15.9 Å². The number of nitrogens with zero attached hydrogens (tertiary/aromatic N) is 3. The summed E-state index contributed by atoms with van der Waals surface area (Å²) in [4.78, 5) is 0. The lowest BCUT2D eigenvalue weighted by molar-refractivity contribution is 0.126. The van der Waals surface area contributed by atoms with E-state index in [2.05, 4.69) is 16.8 Å². The fourth-order valence-corrected chi connectivity index (χ4v) is 5.54. The molecule has 27 heavy (non-hydrogen) atoms. The zero-order valence-corrected chi connectivity index (χ0v) is 16.5. The summed E-state index contributed by atoms with van der Waals surface area (Å²) in [6, 6.07) is 9.32. The van der Waals surface area contributed by atoms with Crippen LogP contribution in [0.15, 0.2) is 48.1 Å². The number of hydrogen-bond donors (Lipinski definition) is 1. The molecule has 7 nitrogen and oxygen atoms in total. The van der Waals surface area contributed by atoms with Crippen LogP contribution in [0, 0.1) is 0 Å². The molecule has 9 heteroatoms. The molecule has 0 radical (unpaired) electrons. The molecule has 0 unspecified atom stereocenters. The fraction of sp³-hybridized carbons (Fsp3) is 0.444. The normalized spacial score (nSPS) is 19.7. The molecule has 1 aromatic heterocycles. The minimum Gasteiger partial charge on any atom is -0.491 e. The van der Waals surface area contributed by atoms with E-state index in [0.717, 1.165) is 0 Å². The average Bonchev–Trinajstić information content (AvgIpc) is 3.22. The van der Waals surface area contributed by atoms with Gasteiger partial charge >= 0.3 is 0 Å². The number of para-hydroxylation sites is 1. The van der Waals surface area contributed by atoms with Gasteiger partial charge in [0.15, 0.2) is 15.0 Å². The number of hydrogen-bond acceptors (Lipinski definition) is 7.